The number of hydrogen-bond donors (Lipinski definition) is 1. The number of aliphatic carboxylic acids is 1. The van der Waals surface area contributed by atoms with E-state index in [2.05, 4.69) is 0 Å². The van der Waals surface area contributed by atoms with Gasteiger partial charge in [0.05, 0.1) is 0 Å². The second kappa shape index (κ2) is 4.80. The normalized spacial score (nSPS) is 16.1. The molecule has 1 N–H and O–H groups in total. The first kappa shape index (κ1) is 12.6. The smallest absolute Gasteiger partial charge is 0.331 e. The van der Waals surface area contributed by atoms with Gasteiger partial charge in [0.1, 0.15) is 0 Å². The van der Waals surface area contributed by atoms with Crippen molar-refractivity contribution in [2.45, 2.75) is 38.8 Å². The van der Waals surface area contributed by atoms with Crippen LogP contribution in [-0.4, -0.2) is 27.9 Å². The van der Waals surface area contributed by atoms with E-state index in [0.29, 0.717) is 5.56 Å². The molecular formula is C14H17NO3. The van der Waals surface area contributed by atoms with Crippen LogP contribution in [0.15, 0.2) is 24.3 Å². The molecular weight excluding hydrogens is 230 g/mol. The van der Waals surface area contributed by atoms with E-state index < -0.39 is 12.0 Å². The van der Waals surface area contributed by atoms with Gasteiger partial charge in [-0.05, 0) is 30.9 Å². The summed E-state index contributed by atoms with van der Waals surface area (Å²) in [4.78, 5) is 24.8. The minimum atomic E-state index is -0.966. The molecule has 1 aromatic carbocycles. The Morgan fingerprint density at radius 3 is 2.39 bits per heavy atom. The lowest BCUT2D eigenvalue weighted by Gasteiger charge is -2.29. The summed E-state index contributed by atoms with van der Waals surface area (Å²) in [6.07, 6.45) is 1.80. The van der Waals surface area contributed by atoms with Gasteiger partial charge in [0, 0.05) is 13.0 Å². The maximum atomic E-state index is 11.7. The van der Waals surface area contributed by atoms with Gasteiger partial charge in [-0.15, -0.1) is 0 Å². The molecule has 1 aliphatic carbocycles. The van der Waals surface area contributed by atoms with Gasteiger partial charge in [-0.1, -0.05) is 24.3 Å². The number of rotatable bonds is 4. The van der Waals surface area contributed by atoms with E-state index in [-0.39, 0.29) is 11.9 Å². The molecule has 1 fully saturated rings. The monoisotopic (exact) mass is 247 g/mol. The van der Waals surface area contributed by atoms with Crippen LogP contribution in [0, 0.1) is 6.92 Å². The molecule has 1 unspecified atom stereocenters. The third kappa shape index (κ3) is 2.37. The van der Waals surface area contributed by atoms with Crippen molar-refractivity contribution >= 4 is 11.9 Å². The van der Waals surface area contributed by atoms with Crippen LogP contribution in [0.1, 0.15) is 36.9 Å². The fraction of sp³-hybridized carbons (Fsp3) is 0.429. The Bertz CT molecular complexity index is 480. The Labute approximate surface area is 106 Å². The minimum absolute atomic E-state index is 0.0863. The van der Waals surface area contributed by atoms with E-state index in [9.17, 15) is 14.7 Å². The molecule has 0 aromatic heterocycles. The molecule has 1 saturated carbocycles. The number of carboxylic acid groups (broad SMARTS) is 1. The van der Waals surface area contributed by atoms with Crippen molar-refractivity contribution in [1.82, 2.24) is 4.90 Å². The highest BCUT2D eigenvalue weighted by Gasteiger charge is 2.40. The summed E-state index contributed by atoms with van der Waals surface area (Å²) in [7, 11) is 0. The summed E-state index contributed by atoms with van der Waals surface area (Å²) in [6, 6.07) is 6.55. The number of nitrogens with zero attached hydrogens (tertiary/aromatic N) is 1. The third-order valence-electron chi connectivity index (χ3n) is 3.30. The zero-order chi connectivity index (χ0) is 13.3. The van der Waals surface area contributed by atoms with Crippen molar-refractivity contribution in [3.63, 3.8) is 0 Å². The van der Waals surface area contributed by atoms with E-state index >= 15 is 0 Å². The molecule has 4 nitrogen and oxygen atoms in total. The van der Waals surface area contributed by atoms with E-state index in [1.807, 2.05) is 25.1 Å². The summed E-state index contributed by atoms with van der Waals surface area (Å²) in [5.74, 6) is -1.14. The number of hydrogen-bond acceptors (Lipinski definition) is 2. The van der Waals surface area contributed by atoms with Gasteiger partial charge in [0.15, 0.2) is 6.04 Å². The highest BCUT2D eigenvalue weighted by Crippen LogP contribution is 2.35. The maximum Gasteiger partial charge on any atom is 0.331 e. The molecule has 0 radical (unpaired) electrons. The molecule has 1 atom stereocenters. The fourth-order valence-corrected chi connectivity index (χ4v) is 2.30. The molecule has 1 amide bonds. The van der Waals surface area contributed by atoms with E-state index in [1.54, 1.807) is 6.07 Å². The lowest BCUT2D eigenvalue weighted by molar-refractivity contribution is -0.150. The van der Waals surface area contributed by atoms with Crippen LogP contribution >= 0.6 is 0 Å². The van der Waals surface area contributed by atoms with Gasteiger partial charge >= 0.3 is 5.97 Å². The number of carboxylic acids is 1. The topological polar surface area (TPSA) is 57.6 Å². The highest BCUT2D eigenvalue weighted by molar-refractivity contribution is 5.84. The van der Waals surface area contributed by atoms with Crippen molar-refractivity contribution in [2.75, 3.05) is 0 Å². The third-order valence-corrected chi connectivity index (χ3v) is 3.30. The standard InChI is InChI=1S/C14H17NO3/c1-9-5-3-4-6-12(9)13(14(17)18)15(10(2)16)11-7-8-11/h3-6,11,13H,7-8H2,1-2H3,(H,17,18). The second-order valence-corrected chi connectivity index (χ2v) is 4.75. The second-order valence-electron chi connectivity index (χ2n) is 4.75. The Morgan fingerprint density at radius 2 is 1.94 bits per heavy atom. The first-order valence-corrected chi connectivity index (χ1v) is 6.09. The van der Waals surface area contributed by atoms with Gasteiger partial charge in [-0.3, -0.25) is 4.79 Å². The Kier molecular flexibility index (Phi) is 3.36. The molecule has 0 aliphatic heterocycles. The predicted molar refractivity (Wildman–Crippen MR) is 67.1 cm³/mol. The quantitative estimate of drug-likeness (QED) is 0.886. The van der Waals surface area contributed by atoms with Gasteiger partial charge in [-0.25, -0.2) is 4.79 Å². The highest BCUT2D eigenvalue weighted by atomic mass is 16.4. The van der Waals surface area contributed by atoms with Crippen molar-refractivity contribution in [1.29, 1.82) is 0 Å². The Hall–Kier alpha value is -1.84. The van der Waals surface area contributed by atoms with Crippen molar-refractivity contribution in [2.24, 2.45) is 0 Å². The van der Waals surface area contributed by atoms with E-state index in [1.165, 1.54) is 11.8 Å². The molecule has 18 heavy (non-hydrogen) atoms. The molecule has 1 aliphatic rings. The van der Waals surface area contributed by atoms with E-state index in [4.69, 9.17) is 0 Å². The zero-order valence-electron chi connectivity index (χ0n) is 10.6. The summed E-state index contributed by atoms with van der Waals surface area (Å²) in [5.41, 5.74) is 1.60. The SMILES string of the molecule is CC(=O)N(C1CC1)C(C(=O)O)c1ccccc1C. The van der Waals surface area contributed by atoms with Crippen molar-refractivity contribution in [3.05, 3.63) is 35.4 Å². The van der Waals surface area contributed by atoms with Gasteiger partial charge in [0.25, 0.3) is 0 Å². The zero-order valence-corrected chi connectivity index (χ0v) is 10.6. The minimum Gasteiger partial charge on any atom is -0.479 e. The fourth-order valence-electron chi connectivity index (χ4n) is 2.30. The van der Waals surface area contributed by atoms with Crippen LogP contribution in [-0.2, 0) is 9.59 Å². The lowest BCUT2D eigenvalue weighted by atomic mass is 9.99. The van der Waals surface area contributed by atoms with Gasteiger partial charge in [0.2, 0.25) is 5.91 Å². The van der Waals surface area contributed by atoms with Crippen molar-refractivity contribution in [3.8, 4) is 0 Å². The molecule has 0 bridgehead atoms. The van der Waals surface area contributed by atoms with Gasteiger partial charge < -0.3 is 10.0 Å². The summed E-state index contributed by atoms with van der Waals surface area (Å²) < 4.78 is 0. The van der Waals surface area contributed by atoms with Crippen LogP contribution in [0.4, 0.5) is 0 Å². The number of carbonyl (C=O) groups excluding carboxylic acids is 1. The molecule has 0 spiro atoms. The number of benzene rings is 1. The number of carbonyl (C=O) groups is 2. The van der Waals surface area contributed by atoms with Crippen LogP contribution in [0.3, 0.4) is 0 Å². The number of amides is 1. The summed E-state index contributed by atoms with van der Waals surface area (Å²) >= 11 is 0. The van der Waals surface area contributed by atoms with Crippen LogP contribution in [0.5, 0.6) is 0 Å². The van der Waals surface area contributed by atoms with Gasteiger partial charge in [-0.2, -0.15) is 0 Å². The average molecular weight is 247 g/mol. The van der Waals surface area contributed by atoms with Crippen LogP contribution in [0.25, 0.3) is 0 Å². The summed E-state index contributed by atoms with van der Waals surface area (Å²) in [5, 5.41) is 9.45. The number of aryl methyl sites for hydroxylation is 1. The molecule has 2 rings (SSSR count). The van der Waals surface area contributed by atoms with E-state index in [0.717, 1.165) is 18.4 Å². The molecule has 4 heteroatoms. The molecule has 96 valence electrons. The van der Waals surface area contributed by atoms with Crippen LogP contribution in [0.2, 0.25) is 0 Å². The molecule has 0 heterocycles. The van der Waals surface area contributed by atoms with Crippen molar-refractivity contribution < 1.29 is 14.7 Å². The Morgan fingerprint density at radius 1 is 1.33 bits per heavy atom. The predicted octanol–water partition coefficient (Wildman–Crippen LogP) is 2.13. The lowest BCUT2D eigenvalue weighted by Crippen LogP contribution is -2.39. The maximum absolute atomic E-state index is 11.7. The van der Waals surface area contributed by atoms with Crippen LogP contribution < -0.4 is 0 Å². The average Bonchev–Trinajstić information content (AvgIpc) is 3.10. The Balaban J connectivity index is 2.42. The largest absolute Gasteiger partial charge is 0.479 e. The summed E-state index contributed by atoms with van der Waals surface area (Å²) in [6.45, 7) is 3.31. The first-order valence-electron chi connectivity index (χ1n) is 6.09. The first-order chi connectivity index (χ1) is 8.52. The molecule has 1 aromatic rings. The molecule has 0 saturated heterocycles.